The fourth-order valence-corrected chi connectivity index (χ4v) is 2.34. The number of nitrogens with one attached hydrogen (secondary N) is 1. The first-order valence-electron chi connectivity index (χ1n) is 7.05. The van der Waals surface area contributed by atoms with Gasteiger partial charge in [-0.25, -0.2) is 4.98 Å². The van der Waals surface area contributed by atoms with Gasteiger partial charge in [-0.05, 0) is 30.3 Å². The molecule has 0 atom stereocenters. The third-order valence-corrected chi connectivity index (χ3v) is 3.53. The van der Waals surface area contributed by atoms with Crippen molar-refractivity contribution in [3.8, 4) is 0 Å². The van der Waals surface area contributed by atoms with Gasteiger partial charge in [0.05, 0.1) is 15.5 Å². The van der Waals surface area contributed by atoms with Crippen molar-refractivity contribution in [2.75, 3.05) is 5.32 Å². The first kappa shape index (κ1) is 16.0. The summed E-state index contributed by atoms with van der Waals surface area (Å²) in [6.07, 6.45) is 1.43. The van der Waals surface area contributed by atoms with E-state index in [2.05, 4.69) is 10.3 Å². The Bertz CT molecular complexity index is 1000. The Balaban J connectivity index is 1.95. The number of anilines is 1. The number of benzene rings is 2. The lowest BCUT2D eigenvalue weighted by Crippen LogP contribution is -2.12. The number of carbonyl (C=O) groups excluding carboxylic acids is 1. The van der Waals surface area contributed by atoms with E-state index in [0.717, 1.165) is 0 Å². The topological polar surface area (TPSA) is 128 Å². The summed E-state index contributed by atoms with van der Waals surface area (Å²) in [5.41, 5.74) is 0.456. The van der Waals surface area contributed by atoms with E-state index in [1.54, 1.807) is 12.1 Å². The number of fused-ring (bicyclic) bond motifs is 1. The van der Waals surface area contributed by atoms with Gasteiger partial charge in [0.25, 0.3) is 17.3 Å². The van der Waals surface area contributed by atoms with Gasteiger partial charge in [0.15, 0.2) is 0 Å². The maximum absolute atomic E-state index is 12.3. The molecule has 0 aliphatic rings. The quantitative estimate of drug-likeness (QED) is 0.574. The number of hydrogen-bond donors (Lipinski definition) is 1. The van der Waals surface area contributed by atoms with Crippen molar-refractivity contribution in [1.82, 2.24) is 4.98 Å². The molecule has 0 fully saturated rings. The predicted octanol–water partition coefficient (Wildman–Crippen LogP) is 3.30. The maximum atomic E-state index is 12.3. The summed E-state index contributed by atoms with van der Waals surface area (Å²) in [4.78, 5) is 37.0. The van der Waals surface area contributed by atoms with Crippen molar-refractivity contribution in [3.63, 3.8) is 0 Å². The van der Waals surface area contributed by atoms with Gasteiger partial charge in [0.2, 0.25) is 0 Å². The van der Waals surface area contributed by atoms with Gasteiger partial charge in [0.1, 0.15) is 5.52 Å². The Morgan fingerprint density at radius 3 is 2.32 bits per heavy atom. The molecule has 3 aromatic rings. The summed E-state index contributed by atoms with van der Waals surface area (Å²) in [6.45, 7) is 0. The number of non-ortho nitro benzene ring substituents is 2. The van der Waals surface area contributed by atoms with Crippen LogP contribution in [-0.2, 0) is 0 Å². The van der Waals surface area contributed by atoms with Gasteiger partial charge in [-0.2, -0.15) is 0 Å². The summed E-state index contributed by atoms with van der Waals surface area (Å²) in [6, 6.07) is 11.0. The van der Waals surface area contributed by atoms with Crippen LogP contribution in [0.5, 0.6) is 0 Å². The Labute approximate surface area is 140 Å². The molecule has 0 aliphatic carbocycles. The molecule has 3 rings (SSSR count). The lowest BCUT2D eigenvalue weighted by molar-refractivity contribution is -0.384. The number of nitro groups is 2. The third kappa shape index (κ3) is 3.11. The second kappa shape index (κ2) is 6.32. The average Bonchev–Trinajstić information content (AvgIpc) is 2.61. The molecule has 0 aliphatic heterocycles. The van der Waals surface area contributed by atoms with Crippen LogP contribution < -0.4 is 5.32 Å². The number of aromatic nitrogens is 1. The highest BCUT2D eigenvalue weighted by Crippen LogP contribution is 2.30. The zero-order valence-electron chi connectivity index (χ0n) is 12.6. The Morgan fingerprint density at radius 2 is 1.68 bits per heavy atom. The lowest BCUT2D eigenvalue weighted by atomic mass is 10.1. The molecule has 0 unspecified atom stereocenters. The molecule has 9 heteroatoms. The minimum Gasteiger partial charge on any atom is -0.321 e. The summed E-state index contributed by atoms with van der Waals surface area (Å²) in [7, 11) is 0. The Morgan fingerprint density at radius 1 is 0.960 bits per heavy atom. The lowest BCUT2D eigenvalue weighted by Gasteiger charge is -2.08. The van der Waals surface area contributed by atoms with E-state index in [4.69, 9.17) is 0 Å². The highest BCUT2D eigenvalue weighted by atomic mass is 16.6. The molecule has 25 heavy (non-hydrogen) atoms. The zero-order chi connectivity index (χ0) is 18.0. The number of nitrogens with zero attached hydrogens (tertiary/aromatic N) is 3. The van der Waals surface area contributed by atoms with E-state index in [1.165, 1.54) is 42.6 Å². The van der Waals surface area contributed by atoms with Crippen molar-refractivity contribution in [3.05, 3.63) is 80.5 Å². The van der Waals surface area contributed by atoms with Crippen LogP contribution in [0.4, 0.5) is 17.1 Å². The van der Waals surface area contributed by atoms with Crippen LogP contribution in [0, 0.1) is 20.2 Å². The Hall–Kier alpha value is -3.88. The van der Waals surface area contributed by atoms with E-state index in [-0.39, 0.29) is 22.5 Å². The summed E-state index contributed by atoms with van der Waals surface area (Å²) < 4.78 is 0. The summed E-state index contributed by atoms with van der Waals surface area (Å²) in [5, 5.41) is 24.8. The van der Waals surface area contributed by atoms with Gasteiger partial charge >= 0.3 is 0 Å². The molecular weight excluding hydrogens is 328 g/mol. The molecule has 2 aromatic carbocycles. The largest absolute Gasteiger partial charge is 0.321 e. The van der Waals surface area contributed by atoms with Crippen LogP contribution in [0.25, 0.3) is 10.9 Å². The molecule has 0 spiro atoms. The molecule has 9 nitrogen and oxygen atoms in total. The number of pyridine rings is 1. The second-order valence-electron chi connectivity index (χ2n) is 5.05. The molecule has 0 saturated heterocycles. The van der Waals surface area contributed by atoms with Crippen molar-refractivity contribution in [2.45, 2.75) is 0 Å². The van der Waals surface area contributed by atoms with Crippen molar-refractivity contribution in [2.24, 2.45) is 0 Å². The van der Waals surface area contributed by atoms with Gasteiger partial charge in [-0.3, -0.25) is 25.0 Å². The zero-order valence-corrected chi connectivity index (χ0v) is 12.6. The van der Waals surface area contributed by atoms with Crippen molar-refractivity contribution < 1.29 is 14.6 Å². The summed E-state index contributed by atoms with van der Waals surface area (Å²) in [5.74, 6) is -0.492. The van der Waals surface area contributed by atoms with Crippen molar-refractivity contribution >= 4 is 33.9 Å². The van der Waals surface area contributed by atoms with Crippen LogP contribution in [0.2, 0.25) is 0 Å². The number of hydrogen-bond acceptors (Lipinski definition) is 6. The van der Waals surface area contributed by atoms with Crippen LogP contribution in [0.15, 0.2) is 54.7 Å². The van der Waals surface area contributed by atoms with Crippen molar-refractivity contribution in [1.29, 1.82) is 0 Å². The number of amides is 1. The number of nitro benzene ring substituents is 2. The van der Waals surface area contributed by atoms with Crippen LogP contribution in [0.1, 0.15) is 10.4 Å². The van der Waals surface area contributed by atoms with E-state index in [1.807, 2.05) is 0 Å². The van der Waals surface area contributed by atoms with E-state index in [9.17, 15) is 25.0 Å². The maximum Gasteiger partial charge on any atom is 0.295 e. The molecule has 0 saturated carbocycles. The van der Waals surface area contributed by atoms with E-state index >= 15 is 0 Å². The fourth-order valence-electron chi connectivity index (χ4n) is 2.34. The SMILES string of the molecule is O=C(Nc1ccc([N+](=O)[O-])c2ncccc12)c1ccc([N+](=O)[O-])cc1. The molecule has 1 N–H and O–H groups in total. The first-order chi connectivity index (χ1) is 12.0. The molecular formula is C16H10N4O5. The van der Waals surface area contributed by atoms with E-state index in [0.29, 0.717) is 11.1 Å². The van der Waals surface area contributed by atoms with Gasteiger partial charge in [-0.15, -0.1) is 0 Å². The first-order valence-corrected chi connectivity index (χ1v) is 7.05. The molecule has 0 bridgehead atoms. The molecule has 1 amide bonds. The third-order valence-electron chi connectivity index (χ3n) is 3.53. The normalized spacial score (nSPS) is 10.4. The smallest absolute Gasteiger partial charge is 0.295 e. The fraction of sp³-hybridized carbons (Fsp3) is 0. The van der Waals surface area contributed by atoms with E-state index < -0.39 is 15.8 Å². The highest BCUT2D eigenvalue weighted by Gasteiger charge is 2.17. The van der Waals surface area contributed by atoms with Crippen LogP contribution in [0.3, 0.4) is 0 Å². The van der Waals surface area contributed by atoms with Gasteiger partial charge in [0, 0.05) is 35.3 Å². The second-order valence-corrected chi connectivity index (χ2v) is 5.05. The monoisotopic (exact) mass is 338 g/mol. The molecule has 1 heterocycles. The highest BCUT2D eigenvalue weighted by molar-refractivity contribution is 6.09. The average molecular weight is 338 g/mol. The number of carbonyl (C=O) groups is 1. The minimum atomic E-state index is -0.558. The van der Waals surface area contributed by atoms with Crippen LogP contribution in [-0.4, -0.2) is 20.7 Å². The summed E-state index contributed by atoms with van der Waals surface area (Å²) >= 11 is 0. The molecule has 124 valence electrons. The van der Waals surface area contributed by atoms with Crippen LogP contribution >= 0.6 is 0 Å². The molecule has 0 radical (unpaired) electrons. The Kier molecular flexibility index (Phi) is 4.04. The number of rotatable bonds is 4. The minimum absolute atomic E-state index is 0.124. The van der Waals surface area contributed by atoms with Gasteiger partial charge in [-0.1, -0.05) is 0 Å². The standard InChI is InChI=1S/C16H10N4O5/c21-16(10-3-5-11(6-4-10)19(22)23)18-13-7-8-14(20(24)25)15-12(13)2-1-9-17-15/h1-9H,(H,18,21). The predicted molar refractivity (Wildman–Crippen MR) is 89.4 cm³/mol. The molecule has 1 aromatic heterocycles. The van der Waals surface area contributed by atoms with Gasteiger partial charge < -0.3 is 5.32 Å².